The summed E-state index contributed by atoms with van der Waals surface area (Å²) < 4.78 is 6.81. The third kappa shape index (κ3) is 3.36. The first-order chi connectivity index (χ1) is 11.6. The topological polar surface area (TPSA) is 78.9 Å². The lowest BCUT2D eigenvalue weighted by atomic mass is 10.2. The van der Waals surface area contributed by atoms with Crippen LogP contribution in [-0.2, 0) is 4.79 Å². The molecule has 3 rings (SSSR count). The summed E-state index contributed by atoms with van der Waals surface area (Å²) in [6.07, 6.45) is 1.44. The van der Waals surface area contributed by atoms with Gasteiger partial charge in [-0.2, -0.15) is 5.26 Å². The van der Waals surface area contributed by atoms with Crippen LogP contribution in [0.25, 0.3) is 27.1 Å². The SMILES string of the molecule is CC(C)NC(=O)/C(C#N)=C/c1ccc(-c2nc3ccccc3s2)o1. The number of amides is 1. The molecule has 5 nitrogen and oxygen atoms in total. The van der Waals surface area contributed by atoms with Gasteiger partial charge < -0.3 is 9.73 Å². The molecule has 120 valence electrons. The van der Waals surface area contributed by atoms with Gasteiger partial charge in [0.25, 0.3) is 5.91 Å². The first kappa shape index (κ1) is 16.0. The summed E-state index contributed by atoms with van der Waals surface area (Å²) in [5, 5.41) is 12.6. The van der Waals surface area contributed by atoms with E-state index in [-0.39, 0.29) is 11.6 Å². The number of rotatable bonds is 4. The zero-order valence-corrected chi connectivity index (χ0v) is 14.1. The summed E-state index contributed by atoms with van der Waals surface area (Å²) in [5.74, 6) is 0.647. The van der Waals surface area contributed by atoms with Crippen LogP contribution in [-0.4, -0.2) is 16.9 Å². The normalized spacial score (nSPS) is 11.7. The third-order valence-corrected chi connectivity index (χ3v) is 4.25. The number of thiazole rings is 1. The van der Waals surface area contributed by atoms with Crippen molar-refractivity contribution in [3.05, 3.63) is 47.7 Å². The molecular formula is C18H15N3O2S. The molecule has 0 bridgehead atoms. The van der Waals surface area contributed by atoms with Crippen LogP contribution in [0, 0.1) is 11.3 Å². The molecule has 0 spiro atoms. The molecule has 0 aliphatic carbocycles. The van der Waals surface area contributed by atoms with Gasteiger partial charge in [-0.05, 0) is 38.1 Å². The molecule has 0 unspecified atom stereocenters. The van der Waals surface area contributed by atoms with Crippen molar-refractivity contribution in [2.45, 2.75) is 19.9 Å². The first-order valence-electron chi connectivity index (χ1n) is 7.45. The fourth-order valence-electron chi connectivity index (χ4n) is 2.15. The second-order valence-corrected chi connectivity index (χ2v) is 6.52. The third-order valence-electron chi connectivity index (χ3n) is 3.20. The lowest BCUT2D eigenvalue weighted by molar-refractivity contribution is -0.117. The Morgan fingerprint density at radius 1 is 1.33 bits per heavy atom. The summed E-state index contributed by atoms with van der Waals surface area (Å²) in [7, 11) is 0. The van der Waals surface area contributed by atoms with Crippen LogP contribution in [0.2, 0.25) is 0 Å². The number of carbonyl (C=O) groups excluding carboxylic acids is 1. The molecule has 1 amide bonds. The van der Waals surface area contributed by atoms with E-state index in [1.54, 1.807) is 12.1 Å². The summed E-state index contributed by atoms with van der Waals surface area (Å²) in [6, 6.07) is 13.2. The van der Waals surface area contributed by atoms with E-state index in [9.17, 15) is 4.79 Å². The van der Waals surface area contributed by atoms with E-state index in [0.717, 1.165) is 15.2 Å². The molecule has 0 saturated carbocycles. The van der Waals surface area contributed by atoms with Gasteiger partial charge in [0.2, 0.25) is 0 Å². The molecule has 6 heteroatoms. The van der Waals surface area contributed by atoms with Gasteiger partial charge in [-0.25, -0.2) is 4.98 Å². The Kier molecular flexibility index (Phi) is 4.45. The van der Waals surface area contributed by atoms with Gasteiger partial charge in [0.15, 0.2) is 10.8 Å². The molecule has 1 N–H and O–H groups in total. The van der Waals surface area contributed by atoms with Gasteiger partial charge in [0.1, 0.15) is 17.4 Å². The predicted octanol–water partition coefficient (Wildman–Crippen LogP) is 3.99. The molecule has 0 fully saturated rings. The average molecular weight is 337 g/mol. The Labute approximate surface area is 143 Å². The number of hydrogen-bond acceptors (Lipinski definition) is 5. The minimum absolute atomic E-state index is 0.00824. The van der Waals surface area contributed by atoms with Crippen molar-refractivity contribution < 1.29 is 9.21 Å². The standard InChI is InChI=1S/C18H15N3O2S/c1-11(2)20-17(22)12(10-19)9-13-7-8-15(23-13)18-21-14-5-3-4-6-16(14)24-18/h3-9,11H,1-2H3,(H,20,22)/b12-9+. The maximum atomic E-state index is 11.9. The lowest BCUT2D eigenvalue weighted by Gasteiger charge is -2.06. The van der Waals surface area contributed by atoms with Crippen molar-refractivity contribution in [3.63, 3.8) is 0 Å². The number of carbonyl (C=O) groups is 1. The molecule has 24 heavy (non-hydrogen) atoms. The summed E-state index contributed by atoms with van der Waals surface area (Å²) >= 11 is 1.53. The van der Waals surface area contributed by atoms with E-state index < -0.39 is 5.91 Å². The van der Waals surface area contributed by atoms with Gasteiger partial charge in [-0.3, -0.25) is 4.79 Å². The zero-order valence-electron chi connectivity index (χ0n) is 13.2. The van der Waals surface area contributed by atoms with Crippen LogP contribution in [0.15, 0.2) is 46.4 Å². The van der Waals surface area contributed by atoms with Crippen molar-refractivity contribution in [3.8, 4) is 16.8 Å². The van der Waals surface area contributed by atoms with E-state index in [4.69, 9.17) is 9.68 Å². The van der Waals surface area contributed by atoms with Gasteiger partial charge in [0, 0.05) is 12.1 Å². The summed E-state index contributed by atoms with van der Waals surface area (Å²) in [6.45, 7) is 3.68. The molecule has 2 heterocycles. The van der Waals surface area contributed by atoms with Crippen molar-refractivity contribution >= 4 is 33.5 Å². The maximum absolute atomic E-state index is 11.9. The van der Waals surface area contributed by atoms with Gasteiger partial charge in [-0.1, -0.05) is 12.1 Å². The molecule has 0 aliphatic rings. The number of hydrogen-bond donors (Lipinski definition) is 1. The predicted molar refractivity (Wildman–Crippen MR) is 94.2 cm³/mol. The average Bonchev–Trinajstić information content (AvgIpc) is 3.18. The smallest absolute Gasteiger partial charge is 0.262 e. The van der Waals surface area contributed by atoms with Crippen molar-refractivity contribution in [1.29, 1.82) is 5.26 Å². The largest absolute Gasteiger partial charge is 0.454 e. The Hall–Kier alpha value is -2.91. The van der Waals surface area contributed by atoms with Crippen LogP contribution in [0.1, 0.15) is 19.6 Å². The number of nitrogens with zero attached hydrogens (tertiary/aromatic N) is 2. The number of para-hydroxylation sites is 1. The van der Waals surface area contributed by atoms with E-state index >= 15 is 0 Å². The molecular weight excluding hydrogens is 322 g/mol. The monoisotopic (exact) mass is 337 g/mol. The molecule has 0 saturated heterocycles. The zero-order chi connectivity index (χ0) is 17.1. The number of nitrogens with one attached hydrogen (secondary N) is 1. The van der Waals surface area contributed by atoms with E-state index in [1.165, 1.54) is 17.4 Å². The van der Waals surface area contributed by atoms with Crippen LogP contribution in [0.3, 0.4) is 0 Å². The maximum Gasteiger partial charge on any atom is 0.262 e. The number of aromatic nitrogens is 1. The number of fused-ring (bicyclic) bond motifs is 1. The molecule has 2 aromatic heterocycles. The number of furan rings is 1. The molecule has 3 aromatic rings. The van der Waals surface area contributed by atoms with Gasteiger partial charge in [-0.15, -0.1) is 11.3 Å². The van der Waals surface area contributed by atoms with Crippen LogP contribution >= 0.6 is 11.3 Å². The highest BCUT2D eigenvalue weighted by Gasteiger charge is 2.13. The fraction of sp³-hybridized carbons (Fsp3) is 0.167. The summed E-state index contributed by atoms with van der Waals surface area (Å²) in [5.41, 5.74) is 0.925. The Morgan fingerprint density at radius 2 is 2.12 bits per heavy atom. The first-order valence-corrected chi connectivity index (χ1v) is 8.27. The van der Waals surface area contributed by atoms with E-state index in [1.807, 2.05) is 44.2 Å². The van der Waals surface area contributed by atoms with Crippen molar-refractivity contribution in [2.24, 2.45) is 0 Å². The van der Waals surface area contributed by atoms with E-state index in [2.05, 4.69) is 10.3 Å². The Morgan fingerprint density at radius 3 is 2.83 bits per heavy atom. The van der Waals surface area contributed by atoms with E-state index in [0.29, 0.717) is 11.5 Å². The van der Waals surface area contributed by atoms with Crippen LogP contribution < -0.4 is 5.32 Å². The van der Waals surface area contributed by atoms with Crippen molar-refractivity contribution in [1.82, 2.24) is 10.3 Å². The Bertz CT molecular complexity index is 927. The van der Waals surface area contributed by atoms with Gasteiger partial charge in [0.05, 0.1) is 10.2 Å². The lowest BCUT2D eigenvalue weighted by Crippen LogP contribution is -2.30. The molecule has 1 aromatic carbocycles. The molecule has 0 atom stereocenters. The highest BCUT2D eigenvalue weighted by Crippen LogP contribution is 2.31. The quantitative estimate of drug-likeness (QED) is 0.577. The highest BCUT2D eigenvalue weighted by molar-refractivity contribution is 7.21. The Balaban J connectivity index is 1.88. The van der Waals surface area contributed by atoms with Crippen LogP contribution in [0.4, 0.5) is 0 Å². The fourth-order valence-corrected chi connectivity index (χ4v) is 3.08. The van der Waals surface area contributed by atoms with Gasteiger partial charge >= 0.3 is 0 Å². The van der Waals surface area contributed by atoms with Crippen molar-refractivity contribution in [2.75, 3.05) is 0 Å². The van der Waals surface area contributed by atoms with Crippen LogP contribution in [0.5, 0.6) is 0 Å². The minimum Gasteiger partial charge on any atom is -0.454 e. The second-order valence-electron chi connectivity index (χ2n) is 5.49. The minimum atomic E-state index is -0.412. The molecule has 0 aliphatic heterocycles. The molecule has 0 radical (unpaired) electrons. The number of benzene rings is 1. The second kappa shape index (κ2) is 6.69. The summed E-state index contributed by atoms with van der Waals surface area (Å²) in [4.78, 5) is 16.5. The highest BCUT2D eigenvalue weighted by atomic mass is 32.1. The number of nitriles is 1.